The number of pyridine rings is 1. The van der Waals surface area contributed by atoms with Crippen LogP contribution >= 0.6 is 0 Å². The predicted molar refractivity (Wildman–Crippen MR) is 102 cm³/mol. The van der Waals surface area contributed by atoms with Crippen LogP contribution in [0, 0.1) is 12.8 Å². The smallest absolute Gasteiger partial charge is 0.126 e. The Labute approximate surface area is 156 Å². The van der Waals surface area contributed by atoms with E-state index in [0.29, 0.717) is 6.04 Å². The number of nitrogens with zero attached hydrogens (tertiary/aromatic N) is 4. The van der Waals surface area contributed by atoms with Crippen molar-refractivity contribution < 1.29 is 4.74 Å². The molecule has 0 N–H and O–H groups in total. The van der Waals surface area contributed by atoms with Gasteiger partial charge in [-0.15, -0.1) is 0 Å². The molecular weight excluding hydrogens is 324 g/mol. The second-order valence-electron chi connectivity index (χ2n) is 7.79. The van der Waals surface area contributed by atoms with Gasteiger partial charge in [0.2, 0.25) is 0 Å². The summed E-state index contributed by atoms with van der Waals surface area (Å²) in [4.78, 5) is 11.8. The predicted octanol–water partition coefficient (Wildman–Crippen LogP) is 3.52. The minimum Gasteiger partial charge on any atom is -0.381 e. The van der Waals surface area contributed by atoms with E-state index in [0.717, 1.165) is 45.2 Å². The van der Waals surface area contributed by atoms with E-state index < -0.39 is 0 Å². The average Bonchev–Trinajstić information content (AvgIpc) is 3.01. The molecule has 1 unspecified atom stereocenters. The Bertz CT molecular complexity index is 737. The Morgan fingerprint density at radius 1 is 1.23 bits per heavy atom. The van der Waals surface area contributed by atoms with Gasteiger partial charge in [-0.05, 0) is 44.2 Å². The Morgan fingerprint density at radius 3 is 2.88 bits per heavy atom. The third kappa shape index (κ3) is 3.69. The summed E-state index contributed by atoms with van der Waals surface area (Å²) in [6, 6.07) is 4.46. The van der Waals surface area contributed by atoms with Gasteiger partial charge < -0.3 is 9.30 Å². The van der Waals surface area contributed by atoms with E-state index in [1.807, 2.05) is 18.5 Å². The zero-order valence-electron chi connectivity index (χ0n) is 16.0. The summed E-state index contributed by atoms with van der Waals surface area (Å²) in [5.41, 5.74) is 3.75. The summed E-state index contributed by atoms with van der Waals surface area (Å²) >= 11 is 0. The summed E-state index contributed by atoms with van der Waals surface area (Å²) in [6.07, 6.45) is 8.99. The van der Waals surface area contributed by atoms with Gasteiger partial charge in [-0.25, -0.2) is 4.98 Å². The van der Waals surface area contributed by atoms with Crippen LogP contribution in [0.2, 0.25) is 0 Å². The lowest BCUT2D eigenvalue weighted by Crippen LogP contribution is -2.37. The standard InChI is InChI=1S/C21H30N4O/c1-16-5-4-9-22-20(16)14-24-10-11-25-19(13-23-21(25)17(24)2)8-12-26-15-18-6-3-7-18/h4-5,9,13,17-18H,3,6-8,10-12,14-15H2,1-2H3. The molecule has 140 valence electrons. The van der Waals surface area contributed by atoms with Crippen molar-refractivity contribution in [2.75, 3.05) is 19.8 Å². The van der Waals surface area contributed by atoms with Gasteiger partial charge in [0, 0.05) is 50.7 Å². The monoisotopic (exact) mass is 354 g/mol. The highest BCUT2D eigenvalue weighted by molar-refractivity contribution is 5.18. The molecule has 2 aromatic heterocycles. The second kappa shape index (κ2) is 7.89. The largest absolute Gasteiger partial charge is 0.381 e. The number of imidazole rings is 1. The second-order valence-corrected chi connectivity index (χ2v) is 7.79. The van der Waals surface area contributed by atoms with Crippen molar-refractivity contribution in [1.29, 1.82) is 0 Å². The fourth-order valence-electron chi connectivity index (χ4n) is 3.98. The summed E-state index contributed by atoms with van der Waals surface area (Å²) in [5, 5.41) is 0. The van der Waals surface area contributed by atoms with Gasteiger partial charge in [0.25, 0.3) is 0 Å². The first-order valence-corrected chi connectivity index (χ1v) is 9.99. The molecule has 1 aliphatic carbocycles. The van der Waals surface area contributed by atoms with Crippen LogP contribution in [0.15, 0.2) is 24.5 Å². The van der Waals surface area contributed by atoms with Crippen molar-refractivity contribution >= 4 is 0 Å². The molecule has 0 bridgehead atoms. The Kier molecular flexibility index (Phi) is 5.36. The molecule has 1 saturated carbocycles. The normalized spacial score (nSPS) is 20.8. The minimum atomic E-state index is 0.315. The molecular formula is C21H30N4O. The van der Waals surface area contributed by atoms with Crippen molar-refractivity contribution in [2.24, 2.45) is 5.92 Å². The van der Waals surface area contributed by atoms with E-state index in [4.69, 9.17) is 9.72 Å². The minimum absolute atomic E-state index is 0.315. The fourth-order valence-corrected chi connectivity index (χ4v) is 3.98. The van der Waals surface area contributed by atoms with Crippen LogP contribution in [0.3, 0.4) is 0 Å². The first kappa shape index (κ1) is 17.7. The average molecular weight is 354 g/mol. The number of aryl methyl sites for hydroxylation is 1. The lowest BCUT2D eigenvalue weighted by Gasteiger charge is -2.34. The number of ether oxygens (including phenoxy) is 1. The van der Waals surface area contributed by atoms with Gasteiger partial charge in [0.05, 0.1) is 18.3 Å². The maximum Gasteiger partial charge on any atom is 0.126 e. The van der Waals surface area contributed by atoms with Crippen LogP contribution in [0.25, 0.3) is 0 Å². The van der Waals surface area contributed by atoms with E-state index in [1.54, 1.807) is 0 Å². The molecule has 2 aliphatic rings. The van der Waals surface area contributed by atoms with Crippen molar-refractivity contribution in [1.82, 2.24) is 19.4 Å². The third-order valence-electron chi connectivity index (χ3n) is 6.05. The first-order chi connectivity index (χ1) is 12.7. The molecule has 26 heavy (non-hydrogen) atoms. The van der Waals surface area contributed by atoms with Crippen molar-refractivity contribution in [3.05, 3.63) is 47.3 Å². The van der Waals surface area contributed by atoms with Crippen LogP contribution < -0.4 is 0 Å². The molecule has 4 rings (SSSR count). The summed E-state index contributed by atoms with van der Waals surface area (Å²) in [6.45, 7) is 9.08. The van der Waals surface area contributed by atoms with Crippen LogP contribution in [-0.4, -0.2) is 39.2 Å². The lowest BCUT2D eigenvalue weighted by atomic mass is 9.86. The molecule has 0 spiro atoms. The zero-order chi connectivity index (χ0) is 17.9. The van der Waals surface area contributed by atoms with Gasteiger partial charge in [-0.1, -0.05) is 12.5 Å². The number of hydrogen-bond donors (Lipinski definition) is 0. The molecule has 3 heterocycles. The number of hydrogen-bond acceptors (Lipinski definition) is 4. The Balaban J connectivity index is 1.35. The van der Waals surface area contributed by atoms with Crippen molar-refractivity contribution in [3.63, 3.8) is 0 Å². The SMILES string of the molecule is Cc1cccnc1CN1CCn2c(CCOCC3CCC3)cnc2C1C. The van der Waals surface area contributed by atoms with E-state index in [9.17, 15) is 0 Å². The molecule has 1 fully saturated rings. The van der Waals surface area contributed by atoms with Crippen LogP contribution in [-0.2, 0) is 24.2 Å². The van der Waals surface area contributed by atoms with Gasteiger partial charge >= 0.3 is 0 Å². The summed E-state index contributed by atoms with van der Waals surface area (Å²) in [5.74, 6) is 2.00. The molecule has 1 aliphatic heterocycles. The van der Waals surface area contributed by atoms with E-state index in [-0.39, 0.29) is 0 Å². The number of aromatic nitrogens is 3. The van der Waals surface area contributed by atoms with E-state index in [2.05, 4.69) is 34.4 Å². The van der Waals surface area contributed by atoms with Crippen molar-refractivity contribution in [3.8, 4) is 0 Å². The van der Waals surface area contributed by atoms with E-state index in [1.165, 1.54) is 42.0 Å². The molecule has 1 atom stereocenters. The molecule has 0 aromatic carbocycles. The zero-order valence-corrected chi connectivity index (χ0v) is 16.0. The van der Waals surface area contributed by atoms with Crippen LogP contribution in [0.4, 0.5) is 0 Å². The highest BCUT2D eigenvalue weighted by Crippen LogP contribution is 2.28. The van der Waals surface area contributed by atoms with Crippen molar-refractivity contribution in [2.45, 2.75) is 58.7 Å². The number of fused-ring (bicyclic) bond motifs is 1. The third-order valence-corrected chi connectivity index (χ3v) is 6.05. The topological polar surface area (TPSA) is 43.2 Å². The van der Waals surface area contributed by atoms with Crippen LogP contribution in [0.1, 0.15) is 55.0 Å². The molecule has 0 radical (unpaired) electrons. The quantitative estimate of drug-likeness (QED) is 0.714. The fraction of sp³-hybridized carbons (Fsp3) is 0.619. The molecule has 5 nitrogen and oxygen atoms in total. The molecule has 0 saturated heterocycles. The molecule has 5 heteroatoms. The highest BCUT2D eigenvalue weighted by Gasteiger charge is 2.27. The van der Waals surface area contributed by atoms with Crippen LogP contribution in [0.5, 0.6) is 0 Å². The van der Waals surface area contributed by atoms with Gasteiger partial charge in [0.15, 0.2) is 0 Å². The lowest BCUT2D eigenvalue weighted by molar-refractivity contribution is 0.0711. The highest BCUT2D eigenvalue weighted by atomic mass is 16.5. The maximum atomic E-state index is 5.88. The number of rotatable bonds is 7. The molecule has 0 amide bonds. The maximum absolute atomic E-state index is 5.88. The summed E-state index contributed by atoms with van der Waals surface area (Å²) in [7, 11) is 0. The van der Waals surface area contributed by atoms with E-state index >= 15 is 0 Å². The Hall–Kier alpha value is -1.72. The first-order valence-electron chi connectivity index (χ1n) is 9.99. The molecule has 2 aromatic rings. The van der Waals surface area contributed by atoms with Gasteiger partial charge in [0.1, 0.15) is 5.82 Å². The Morgan fingerprint density at radius 2 is 2.12 bits per heavy atom. The summed E-state index contributed by atoms with van der Waals surface area (Å²) < 4.78 is 8.28. The van der Waals surface area contributed by atoms with Gasteiger partial charge in [-0.2, -0.15) is 0 Å². The van der Waals surface area contributed by atoms with Gasteiger partial charge in [-0.3, -0.25) is 9.88 Å².